The van der Waals surface area contributed by atoms with Crippen molar-refractivity contribution < 1.29 is 4.42 Å². The van der Waals surface area contributed by atoms with Gasteiger partial charge < -0.3 is 14.3 Å². The van der Waals surface area contributed by atoms with E-state index in [1.165, 1.54) is 0 Å². The van der Waals surface area contributed by atoms with E-state index in [-0.39, 0.29) is 0 Å². The number of para-hydroxylation sites is 1. The molecule has 0 bridgehead atoms. The molecule has 0 aliphatic carbocycles. The molecule has 0 atom stereocenters. The molecule has 3 aromatic rings. The first-order valence-electron chi connectivity index (χ1n) is 7.02. The van der Waals surface area contributed by atoms with Crippen molar-refractivity contribution in [3.05, 3.63) is 54.2 Å². The van der Waals surface area contributed by atoms with E-state index in [0.29, 0.717) is 6.54 Å². The molecule has 0 saturated carbocycles. The van der Waals surface area contributed by atoms with E-state index < -0.39 is 0 Å². The van der Waals surface area contributed by atoms with Gasteiger partial charge in [0.05, 0.1) is 6.54 Å². The molecule has 5 nitrogen and oxygen atoms in total. The monoisotopic (exact) mass is 282 g/mol. The third kappa shape index (κ3) is 2.81. The molecule has 2 heterocycles. The summed E-state index contributed by atoms with van der Waals surface area (Å²) in [5.41, 5.74) is 2.04. The molecule has 5 heteroatoms. The number of hydrogen-bond donors (Lipinski definition) is 1. The normalized spacial score (nSPS) is 10.8. The molecule has 0 saturated heterocycles. The molecule has 0 radical (unpaired) electrons. The van der Waals surface area contributed by atoms with E-state index in [9.17, 15) is 0 Å². The van der Waals surface area contributed by atoms with Gasteiger partial charge in [-0.25, -0.2) is 0 Å². The highest BCUT2D eigenvalue weighted by molar-refractivity contribution is 5.73. The van der Waals surface area contributed by atoms with Crippen LogP contribution in [0, 0.1) is 0 Å². The van der Waals surface area contributed by atoms with E-state index >= 15 is 0 Å². The van der Waals surface area contributed by atoms with E-state index in [0.717, 1.165) is 35.0 Å². The zero-order valence-corrected chi connectivity index (χ0v) is 12.2. The predicted molar refractivity (Wildman–Crippen MR) is 81.9 cm³/mol. The molecule has 0 spiro atoms. The first-order chi connectivity index (χ1) is 10.3. The molecule has 1 N–H and O–H groups in total. The van der Waals surface area contributed by atoms with Crippen molar-refractivity contribution >= 4 is 5.69 Å². The van der Waals surface area contributed by atoms with Gasteiger partial charge in [0, 0.05) is 24.7 Å². The zero-order chi connectivity index (χ0) is 14.7. The smallest absolute Gasteiger partial charge is 0.165 e. The Bertz CT molecular complexity index is 729. The molecular weight excluding hydrogens is 264 g/mol. The fourth-order valence-electron chi connectivity index (χ4n) is 2.25. The molecule has 0 aliphatic heterocycles. The maximum Gasteiger partial charge on any atom is 0.165 e. The summed E-state index contributed by atoms with van der Waals surface area (Å²) >= 11 is 0. The fraction of sp³-hybridized carbons (Fsp3) is 0.250. The molecule has 0 unspecified atom stereocenters. The molecule has 21 heavy (non-hydrogen) atoms. The number of nitrogens with zero attached hydrogens (tertiary/aromatic N) is 3. The number of anilines is 1. The topological polar surface area (TPSA) is 55.9 Å². The van der Waals surface area contributed by atoms with Crippen molar-refractivity contribution in [2.45, 2.75) is 19.9 Å². The Morgan fingerprint density at radius 3 is 2.67 bits per heavy atom. The summed E-state index contributed by atoms with van der Waals surface area (Å²) in [7, 11) is 1.94. The van der Waals surface area contributed by atoms with E-state index in [1.54, 1.807) is 6.33 Å². The Morgan fingerprint density at radius 1 is 1.14 bits per heavy atom. The number of benzene rings is 1. The van der Waals surface area contributed by atoms with Crippen LogP contribution in [0.25, 0.3) is 11.4 Å². The standard InChI is InChI=1S/C16H18N4O/c1-3-12-8-9-13(21-12)10-17-15-7-5-4-6-14(15)16-19-18-11-20(16)2/h4-9,11,17H,3,10H2,1-2H3. The summed E-state index contributed by atoms with van der Waals surface area (Å²) in [6, 6.07) is 12.1. The van der Waals surface area contributed by atoms with Crippen LogP contribution in [-0.2, 0) is 20.0 Å². The van der Waals surface area contributed by atoms with Gasteiger partial charge in [0.2, 0.25) is 0 Å². The summed E-state index contributed by atoms with van der Waals surface area (Å²) in [4.78, 5) is 0. The van der Waals surface area contributed by atoms with Crippen molar-refractivity contribution in [1.82, 2.24) is 14.8 Å². The molecule has 0 amide bonds. The molecular formula is C16H18N4O. The van der Waals surface area contributed by atoms with Gasteiger partial charge in [-0.1, -0.05) is 19.1 Å². The van der Waals surface area contributed by atoms with Crippen molar-refractivity contribution in [2.24, 2.45) is 7.05 Å². The highest BCUT2D eigenvalue weighted by Gasteiger charge is 2.10. The molecule has 3 rings (SSSR count). The van der Waals surface area contributed by atoms with Gasteiger partial charge >= 0.3 is 0 Å². The minimum absolute atomic E-state index is 0.648. The number of aromatic nitrogens is 3. The Morgan fingerprint density at radius 2 is 1.95 bits per heavy atom. The second-order valence-corrected chi connectivity index (χ2v) is 4.89. The summed E-state index contributed by atoms with van der Waals surface area (Å²) in [5, 5.41) is 11.5. The van der Waals surface area contributed by atoms with Crippen LogP contribution in [0.1, 0.15) is 18.4 Å². The molecule has 0 fully saturated rings. The minimum atomic E-state index is 0.648. The predicted octanol–water partition coefficient (Wildman–Crippen LogP) is 3.25. The van der Waals surface area contributed by atoms with Crippen molar-refractivity contribution in [3.8, 4) is 11.4 Å². The lowest BCUT2D eigenvalue weighted by atomic mass is 10.1. The van der Waals surface area contributed by atoms with Gasteiger partial charge in [-0.2, -0.15) is 0 Å². The Balaban J connectivity index is 1.81. The van der Waals surface area contributed by atoms with Crippen LogP contribution >= 0.6 is 0 Å². The van der Waals surface area contributed by atoms with Gasteiger partial charge in [-0.3, -0.25) is 0 Å². The molecule has 2 aromatic heterocycles. The van der Waals surface area contributed by atoms with Crippen LogP contribution < -0.4 is 5.32 Å². The van der Waals surface area contributed by atoms with Crippen LogP contribution in [0.3, 0.4) is 0 Å². The SMILES string of the molecule is CCc1ccc(CNc2ccccc2-c2nncn2C)o1. The van der Waals surface area contributed by atoms with Crippen LogP contribution in [-0.4, -0.2) is 14.8 Å². The second kappa shape index (κ2) is 5.83. The van der Waals surface area contributed by atoms with Gasteiger partial charge in [-0.15, -0.1) is 10.2 Å². The fourth-order valence-corrected chi connectivity index (χ4v) is 2.25. The third-order valence-electron chi connectivity index (χ3n) is 3.40. The number of rotatable bonds is 5. The first-order valence-corrected chi connectivity index (χ1v) is 7.02. The Hall–Kier alpha value is -2.56. The summed E-state index contributed by atoms with van der Waals surface area (Å²) in [6.45, 7) is 2.73. The van der Waals surface area contributed by atoms with Gasteiger partial charge in [-0.05, 0) is 24.3 Å². The second-order valence-electron chi connectivity index (χ2n) is 4.89. The number of aryl methyl sites for hydroxylation is 2. The van der Waals surface area contributed by atoms with Crippen molar-refractivity contribution in [3.63, 3.8) is 0 Å². The average molecular weight is 282 g/mol. The molecule has 1 aromatic carbocycles. The van der Waals surface area contributed by atoms with Gasteiger partial charge in [0.15, 0.2) is 5.82 Å². The lowest BCUT2D eigenvalue weighted by Crippen LogP contribution is -2.01. The van der Waals surface area contributed by atoms with Crippen LogP contribution in [0.5, 0.6) is 0 Å². The number of hydrogen-bond acceptors (Lipinski definition) is 4. The van der Waals surface area contributed by atoms with Gasteiger partial charge in [0.25, 0.3) is 0 Å². The highest BCUT2D eigenvalue weighted by Crippen LogP contribution is 2.26. The number of nitrogens with one attached hydrogen (secondary N) is 1. The summed E-state index contributed by atoms with van der Waals surface area (Å²) < 4.78 is 7.62. The summed E-state index contributed by atoms with van der Waals surface area (Å²) in [5.74, 6) is 2.78. The first kappa shape index (κ1) is 13.4. The third-order valence-corrected chi connectivity index (χ3v) is 3.40. The zero-order valence-electron chi connectivity index (χ0n) is 12.2. The van der Waals surface area contributed by atoms with Gasteiger partial charge in [0.1, 0.15) is 17.8 Å². The van der Waals surface area contributed by atoms with Crippen molar-refractivity contribution in [2.75, 3.05) is 5.32 Å². The molecule has 108 valence electrons. The summed E-state index contributed by atoms with van der Waals surface area (Å²) in [6.07, 6.45) is 2.61. The average Bonchev–Trinajstić information content (AvgIpc) is 3.14. The largest absolute Gasteiger partial charge is 0.464 e. The van der Waals surface area contributed by atoms with Crippen molar-refractivity contribution in [1.29, 1.82) is 0 Å². The minimum Gasteiger partial charge on any atom is -0.464 e. The number of furan rings is 1. The van der Waals surface area contributed by atoms with E-state index in [4.69, 9.17) is 4.42 Å². The highest BCUT2D eigenvalue weighted by atomic mass is 16.3. The lowest BCUT2D eigenvalue weighted by molar-refractivity contribution is 0.476. The van der Waals surface area contributed by atoms with E-state index in [1.807, 2.05) is 48.0 Å². The maximum atomic E-state index is 5.71. The van der Waals surface area contributed by atoms with Crippen LogP contribution in [0.15, 0.2) is 47.1 Å². The molecule has 0 aliphatic rings. The quantitative estimate of drug-likeness (QED) is 0.780. The Kier molecular flexibility index (Phi) is 3.73. The maximum absolute atomic E-state index is 5.71. The van der Waals surface area contributed by atoms with E-state index in [2.05, 4.69) is 22.4 Å². The van der Waals surface area contributed by atoms with Crippen LogP contribution in [0.2, 0.25) is 0 Å². The Labute approximate surface area is 123 Å². The van der Waals surface area contributed by atoms with Crippen LogP contribution in [0.4, 0.5) is 5.69 Å². The lowest BCUT2D eigenvalue weighted by Gasteiger charge is -2.10.